The average molecular weight is 320 g/mol. The second-order valence-corrected chi connectivity index (χ2v) is 4.75. The van der Waals surface area contributed by atoms with Gasteiger partial charge in [-0.2, -0.15) is 0 Å². The Morgan fingerprint density at radius 1 is 0.750 bits per heavy atom. The molecule has 0 aliphatic carbocycles. The minimum atomic E-state index is -1.13. The van der Waals surface area contributed by atoms with Gasteiger partial charge in [-0.3, -0.25) is 0 Å². The van der Waals surface area contributed by atoms with Crippen LogP contribution in [0, 0.1) is 0 Å². The number of carbonyl (C=O) groups excluding carboxylic acids is 2. The monoisotopic (exact) mass is 320 g/mol. The number of H-pyrrole nitrogens is 1. The molecule has 2 aromatic carbocycles. The Labute approximate surface area is 139 Å². The van der Waals surface area contributed by atoms with E-state index in [9.17, 15) is 14.7 Å². The van der Waals surface area contributed by atoms with Crippen molar-refractivity contribution < 1.29 is 19.7 Å². The lowest BCUT2D eigenvalue weighted by molar-refractivity contribution is -0.360. The number of aromatic nitrogens is 1. The van der Waals surface area contributed by atoms with Gasteiger partial charge >= 0.3 is 5.91 Å². The number of hydrogen-bond donors (Lipinski definition) is 1. The number of aromatic carboxylic acids is 1. The molecule has 0 saturated carbocycles. The van der Waals surface area contributed by atoms with Crippen LogP contribution in [0.1, 0.15) is 20.7 Å². The van der Waals surface area contributed by atoms with Crippen molar-refractivity contribution in [3.8, 4) is 0 Å². The number of carboxylic acids is 1. The largest absolute Gasteiger partial charge is 0.545 e. The molecule has 3 rings (SSSR count). The summed E-state index contributed by atoms with van der Waals surface area (Å²) in [6.07, 6.45) is 1.76. The van der Waals surface area contributed by atoms with Gasteiger partial charge < -0.3 is 9.90 Å². The second kappa shape index (κ2) is 8.85. The van der Waals surface area contributed by atoms with Crippen molar-refractivity contribution in [2.24, 2.45) is 0 Å². The molecule has 0 saturated heterocycles. The van der Waals surface area contributed by atoms with E-state index < -0.39 is 5.97 Å². The number of hydrogen-bond acceptors (Lipinski definition) is 3. The van der Waals surface area contributed by atoms with Gasteiger partial charge in [0.1, 0.15) is 0 Å². The first-order valence-electron chi connectivity index (χ1n) is 7.26. The first kappa shape index (κ1) is 16.9. The molecule has 0 radical (unpaired) electrons. The number of anilines is 1. The summed E-state index contributed by atoms with van der Waals surface area (Å²) in [5, 5.41) is 12.9. The Morgan fingerprint density at radius 2 is 1.29 bits per heavy atom. The molecule has 3 aromatic rings. The smallest absolute Gasteiger partial charge is 0.339 e. The molecule has 120 valence electrons. The van der Waals surface area contributed by atoms with Gasteiger partial charge in [0.15, 0.2) is 0 Å². The second-order valence-electron chi connectivity index (χ2n) is 4.75. The maximum absolute atomic E-state index is 11.7. The third kappa shape index (κ3) is 5.38. The van der Waals surface area contributed by atoms with Crippen molar-refractivity contribution >= 4 is 17.7 Å². The number of amides is 1. The molecule has 1 heterocycles. The van der Waals surface area contributed by atoms with Crippen LogP contribution in [0.4, 0.5) is 5.82 Å². The highest BCUT2D eigenvalue weighted by Crippen LogP contribution is 2.02. The van der Waals surface area contributed by atoms with E-state index in [2.05, 4.69) is 10.3 Å². The molecule has 0 fully saturated rings. The van der Waals surface area contributed by atoms with E-state index in [0.717, 1.165) is 0 Å². The Hall–Kier alpha value is -3.47. The number of rotatable bonds is 3. The summed E-state index contributed by atoms with van der Waals surface area (Å²) in [6, 6.07) is 22.7. The summed E-state index contributed by atoms with van der Waals surface area (Å²) in [6.45, 7) is 0. The Morgan fingerprint density at radius 3 is 1.75 bits per heavy atom. The van der Waals surface area contributed by atoms with Crippen LogP contribution in [-0.2, 0) is 0 Å². The van der Waals surface area contributed by atoms with Gasteiger partial charge in [-0.1, -0.05) is 54.6 Å². The van der Waals surface area contributed by atoms with Crippen LogP contribution in [0.15, 0.2) is 85.1 Å². The van der Waals surface area contributed by atoms with E-state index in [1.165, 1.54) is 12.1 Å². The fourth-order valence-electron chi connectivity index (χ4n) is 1.83. The summed E-state index contributed by atoms with van der Waals surface area (Å²) in [5.74, 6) is -0.556. The van der Waals surface area contributed by atoms with Gasteiger partial charge in [-0.05, 0) is 23.8 Å². The van der Waals surface area contributed by atoms with E-state index in [4.69, 9.17) is 0 Å². The fourth-order valence-corrected chi connectivity index (χ4v) is 1.83. The zero-order chi connectivity index (χ0) is 17.2. The molecule has 0 atom stereocenters. The molecular formula is C19H16N2O3. The molecule has 5 heteroatoms. The minimum absolute atomic E-state index is 0.113. The molecule has 2 N–H and O–H groups in total. The molecule has 0 aliphatic rings. The quantitative estimate of drug-likeness (QED) is 0.799. The number of carbonyl (C=O) groups is 2. The van der Waals surface area contributed by atoms with Crippen LogP contribution in [0.3, 0.4) is 0 Å². The summed E-state index contributed by atoms with van der Waals surface area (Å²) in [5.41, 5.74) is 0.868. The maximum atomic E-state index is 11.7. The lowest BCUT2D eigenvalue weighted by atomic mass is 10.2. The van der Waals surface area contributed by atoms with Gasteiger partial charge in [0, 0.05) is 6.07 Å². The molecule has 0 unspecified atom stereocenters. The zero-order valence-corrected chi connectivity index (χ0v) is 12.8. The first-order chi connectivity index (χ1) is 11.7. The van der Waals surface area contributed by atoms with Crippen molar-refractivity contribution in [3.63, 3.8) is 0 Å². The Bertz CT molecular complexity index is 775. The Balaban J connectivity index is 0.000000198. The average Bonchev–Trinajstić information content (AvgIpc) is 2.64. The van der Waals surface area contributed by atoms with Crippen molar-refractivity contribution in [3.05, 3.63) is 96.2 Å². The number of nitrogens with one attached hydrogen (secondary N) is 2. The fraction of sp³-hybridized carbons (Fsp3) is 0. The van der Waals surface area contributed by atoms with Crippen molar-refractivity contribution in [2.75, 3.05) is 5.32 Å². The predicted molar refractivity (Wildman–Crippen MR) is 88.2 cm³/mol. The van der Waals surface area contributed by atoms with Crippen LogP contribution in [0.5, 0.6) is 0 Å². The lowest BCUT2D eigenvalue weighted by Crippen LogP contribution is -2.21. The van der Waals surface area contributed by atoms with Gasteiger partial charge in [-0.25, -0.2) is 15.1 Å². The van der Waals surface area contributed by atoms with E-state index in [-0.39, 0.29) is 11.5 Å². The third-order valence-electron chi connectivity index (χ3n) is 3.00. The summed E-state index contributed by atoms with van der Waals surface area (Å²) in [7, 11) is 0. The lowest BCUT2D eigenvalue weighted by Gasteiger charge is -1.97. The highest BCUT2D eigenvalue weighted by Gasteiger charge is 2.10. The number of aromatic amines is 1. The highest BCUT2D eigenvalue weighted by molar-refractivity contribution is 6.03. The minimum Gasteiger partial charge on any atom is -0.545 e. The standard InChI is InChI=1S/C12H10N2O.C7H6O2/c15-12(10-6-2-1-3-7-10)14-11-8-4-5-9-13-11;8-7(9)6-4-2-1-3-5-6/h1-9H,(H,13,14,15);1-5H,(H,8,9). The number of carboxylic acid groups (broad SMARTS) is 1. The molecule has 1 aromatic heterocycles. The number of benzene rings is 2. The van der Waals surface area contributed by atoms with Crippen LogP contribution in [0.2, 0.25) is 0 Å². The van der Waals surface area contributed by atoms with Crippen LogP contribution < -0.4 is 15.4 Å². The molecule has 0 aliphatic heterocycles. The van der Waals surface area contributed by atoms with Gasteiger partial charge in [-0.15, -0.1) is 0 Å². The van der Waals surface area contributed by atoms with E-state index in [1.54, 1.807) is 42.6 Å². The normalized spacial score (nSPS) is 9.33. The van der Waals surface area contributed by atoms with Gasteiger partial charge in [0.05, 0.1) is 17.7 Å². The first-order valence-corrected chi connectivity index (χ1v) is 7.26. The predicted octanol–water partition coefficient (Wildman–Crippen LogP) is 1.80. The van der Waals surface area contributed by atoms with E-state index >= 15 is 0 Å². The number of pyridine rings is 1. The molecule has 5 nitrogen and oxygen atoms in total. The zero-order valence-electron chi connectivity index (χ0n) is 12.8. The molecule has 0 spiro atoms. The summed E-state index contributed by atoms with van der Waals surface area (Å²) < 4.78 is 0. The van der Waals surface area contributed by atoms with E-state index in [1.807, 2.05) is 30.3 Å². The molecule has 1 amide bonds. The van der Waals surface area contributed by atoms with Crippen molar-refractivity contribution in [1.29, 1.82) is 0 Å². The summed E-state index contributed by atoms with van der Waals surface area (Å²) in [4.78, 5) is 24.7. The summed E-state index contributed by atoms with van der Waals surface area (Å²) >= 11 is 0. The highest BCUT2D eigenvalue weighted by atomic mass is 16.4. The molecule has 0 bridgehead atoms. The van der Waals surface area contributed by atoms with Crippen molar-refractivity contribution in [2.45, 2.75) is 0 Å². The SMILES string of the molecule is O=C(Nc1cccc[nH+]1)c1ccccc1.O=C([O-])c1ccccc1. The van der Waals surface area contributed by atoms with Crippen LogP contribution >= 0.6 is 0 Å². The van der Waals surface area contributed by atoms with E-state index in [0.29, 0.717) is 11.4 Å². The van der Waals surface area contributed by atoms with Crippen LogP contribution in [0.25, 0.3) is 0 Å². The Kier molecular flexibility index (Phi) is 6.23. The van der Waals surface area contributed by atoms with Gasteiger partial charge in [0.2, 0.25) is 0 Å². The van der Waals surface area contributed by atoms with Crippen molar-refractivity contribution in [1.82, 2.24) is 0 Å². The molecular weight excluding hydrogens is 304 g/mol. The van der Waals surface area contributed by atoms with Gasteiger partial charge in [0.25, 0.3) is 5.82 Å². The topological polar surface area (TPSA) is 83.4 Å². The third-order valence-corrected chi connectivity index (χ3v) is 3.00. The van der Waals surface area contributed by atoms with Crippen LogP contribution in [-0.4, -0.2) is 11.9 Å². The maximum Gasteiger partial charge on any atom is 0.339 e. The molecule has 24 heavy (non-hydrogen) atoms.